The Morgan fingerprint density at radius 2 is 1.62 bits per heavy atom. The second kappa shape index (κ2) is 3.53. The van der Waals surface area contributed by atoms with E-state index in [9.17, 15) is 0 Å². The molecular formula is C15H13N. The van der Waals surface area contributed by atoms with Crippen molar-refractivity contribution in [2.24, 2.45) is 0 Å². The lowest BCUT2D eigenvalue weighted by molar-refractivity contribution is 0.956. The lowest BCUT2D eigenvalue weighted by Gasteiger charge is -2.29. The fraction of sp³-hybridized carbons (Fsp3) is 0.0667. The quantitative estimate of drug-likeness (QED) is 0.687. The van der Waals surface area contributed by atoms with Gasteiger partial charge in [-0.05, 0) is 23.4 Å². The number of fused-ring (bicyclic) bond motifs is 3. The Kier molecular flexibility index (Phi) is 2.03. The van der Waals surface area contributed by atoms with Crippen LogP contribution in [0.2, 0.25) is 0 Å². The molecule has 1 heterocycles. The molecule has 0 saturated heterocycles. The summed E-state index contributed by atoms with van der Waals surface area (Å²) in [6, 6.07) is 17.0. The minimum Gasteiger partial charge on any atom is -0.344 e. The van der Waals surface area contributed by atoms with Crippen molar-refractivity contribution >= 4 is 5.69 Å². The van der Waals surface area contributed by atoms with Crippen molar-refractivity contribution in [1.82, 2.24) is 0 Å². The molecule has 16 heavy (non-hydrogen) atoms. The average Bonchev–Trinajstić information content (AvgIpc) is 2.38. The molecule has 1 nitrogen and oxygen atoms in total. The lowest BCUT2D eigenvalue weighted by atomic mass is 9.94. The van der Waals surface area contributed by atoms with Gasteiger partial charge in [-0.15, -0.1) is 0 Å². The van der Waals surface area contributed by atoms with Crippen LogP contribution in [0.3, 0.4) is 0 Å². The molecule has 0 fully saturated rings. The summed E-state index contributed by atoms with van der Waals surface area (Å²) < 4.78 is 0. The van der Waals surface area contributed by atoms with Crippen LogP contribution in [-0.4, -0.2) is 0 Å². The van der Waals surface area contributed by atoms with Crippen molar-refractivity contribution in [3.05, 3.63) is 66.9 Å². The number of rotatable bonds is 1. The van der Waals surface area contributed by atoms with E-state index in [1.54, 1.807) is 0 Å². The van der Waals surface area contributed by atoms with Gasteiger partial charge in [0.1, 0.15) is 0 Å². The first-order chi connectivity index (χ1) is 7.90. The molecule has 0 aliphatic carbocycles. The highest BCUT2D eigenvalue weighted by Crippen LogP contribution is 2.38. The minimum atomic E-state index is 0.913. The van der Waals surface area contributed by atoms with E-state index in [-0.39, 0.29) is 0 Å². The Morgan fingerprint density at radius 1 is 0.938 bits per heavy atom. The number of hydrogen-bond acceptors (Lipinski definition) is 1. The summed E-state index contributed by atoms with van der Waals surface area (Å²) in [6.07, 6.45) is 1.90. The highest BCUT2D eigenvalue weighted by molar-refractivity contribution is 5.84. The largest absolute Gasteiger partial charge is 0.344 e. The van der Waals surface area contributed by atoms with E-state index in [0.717, 1.165) is 6.54 Å². The monoisotopic (exact) mass is 207 g/mol. The van der Waals surface area contributed by atoms with Crippen LogP contribution in [0.5, 0.6) is 0 Å². The Morgan fingerprint density at radius 3 is 2.44 bits per heavy atom. The van der Waals surface area contributed by atoms with Crippen LogP contribution in [0.15, 0.2) is 61.3 Å². The van der Waals surface area contributed by atoms with E-state index < -0.39 is 0 Å². The first-order valence-corrected chi connectivity index (χ1v) is 5.46. The van der Waals surface area contributed by atoms with E-state index in [0.29, 0.717) is 0 Å². The maximum Gasteiger partial charge on any atom is 0.0488 e. The van der Waals surface area contributed by atoms with Gasteiger partial charge in [0.25, 0.3) is 0 Å². The predicted octanol–water partition coefficient (Wildman–Crippen LogP) is 3.82. The summed E-state index contributed by atoms with van der Waals surface area (Å²) in [4.78, 5) is 2.19. The van der Waals surface area contributed by atoms with Crippen molar-refractivity contribution in [1.29, 1.82) is 0 Å². The molecule has 2 aromatic rings. The van der Waals surface area contributed by atoms with Crippen LogP contribution < -0.4 is 4.90 Å². The van der Waals surface area contributed by atoms with Crippen LogP contribution in [0.25, 0.3) is 11.1 Å². The van der Waals surface area contributed by atoms with E-state index in [1.807, 2.05) is 6.20 Å². The van der Waals surface area contributed by atoms with Gasteiger partial charge in [-0.3, -0.25) is 0 Å². The summed E-state index contributed by atoms with van der Waals surface area (Å²) >= 11 is 0. The molecule has 1 heteroatoms. The van der Waals surface area contributed by atoms with Gasteiger partial charge in [-0.1, -0.05) is 49.0 Å². The molecule has 0 N–H and O–H groups in total. The Bertz CT molecular complexity index is 543. The molecule has 2 aromatic carbocycles. The molecule has 78 valence electrons. The minimum absolute atomic E-state index is 0.913. The van der Waals surface area contributed by atoms with Crippen LogP contribution in [0.4, 0.5) is 5.69 Å². The number of benzene rings is 2. The van der Waals surface area contributed by atoms with Crippen LogP contribution in [-0.2, 0) is 6.54 Å². The Labute approximate surface area is 95.6 Å². The first kappa shape index (κ1) is 9.22. The highest BCUT2D eigenvalue weighted by Gasteiger charge is 2.18. The molecule has 0 radical (unpaired) electrons. The second-order valence-corrected chi connectivity index (χ2v) is 3.98. The van der Waals surface area contributed by atoms with Gasteiger partial charge in [0, 0.05) is 17.8 Å². The fourth-order valence-corrected chi connectivity index (χ4v) is 2.30. The van der Waals surface area contributed by atoms with Crippen molar-refractivity contribution in [2.75, 3.05) is 4.90 Å². The van der Waals surface area contributed by atoms with Crippen LogP contribution in [0, 0.1) is 0 Å². The van der Waals surface area contributed by atoms with Crippen molar-refractivity contribution in [2.45, 2.75) is 6.54 Å². The zero-order valence-electron chi connectivity index (χ0n) is 9.06. The van der Waals surface area contributed by atoms with Crippen LogP contribution in [0.1, 0.15) is 5.56 Å². The molecule has 0 spiro atoms. The van der Waals surface area contributed by atoms with Gasteiger partial charge in [0.05, 0.1) is 0 Å². The molecule has 1 aliphatic heterocycles. The predicted molar refractivity (Wildman–Crippen MR) is 68.3 cm³/mol. The van der Waals surface area contributed by atoms with Crippen molar-refractivity contribution in [3.8, 4) is 11.1 Å². The smallest absolute Gasteiger partial charge is 0.0488 e. The van der Waals surface area contributed by atoms with Crippen molar-refractivity contribution in [3.63, 3.8) is 0 Å². The van der Waals surface area contributed by atoms with E-state index in [1.165, 1.54) is 22.4 Å². The van der Waals surface area contributed by atoms with Crippen LogP contribution >= 0.6 is 0 Å². The Balaban J connectivity index is 2.28. The molecule has 0 atom stereocenters. The lowest BCUT2D eigenvalue weighted by Crippen LogP contribution is -2.19. The number of anilines is 1. The Hall–Kier alpha value is -2.02. The fourth-order valence-electron chi connectivity index (χ4n) is 2.30. The average molecular weight is 207 g/mol. The van der Waals surface area contributed by atoms with Gasteiger partial charge in [-0.25, -0.2) is 0 Å². The molecule has 1 aliphatic rings. The highest BCUT2D eigenvalue weighted by atomic mass is 15.1. The third kappa shape index (κ3) is 1.25. The van der Waals surface area contributed by atoms with Gasteiger partial charge in [0.2, 0.25) is 0 Å². The number of nitrogens with zero attached hydrogens (tertiary/aromatic N) is 1. The normalized spacial score (nSPS) is 12.9. The molecule has 0 bridgehead atoms. The maximum atomic E-state index is 3.88. The summed E-state index contributed by atoms with van der Waals surface area (Å²) in [5.74, 6) is 0. The summed E-state index contributed by atoms with van der Waals surface area (Å²) in [5, 5.41) is 0. The zero-order valence-corrected chi connectivity index (χ0v) is 9.06. The summed E-state index contributed by atoms with van der Waals surface area (Å²) in [5.41, 5.74) is 5.25. The maximum absolute atomic E-state index is 3.88. The van der Waals surface area contributed by atoms with E-state index >= 15 is 0 Å². The van der Waals surface area contributed by atoms with E-state index in [4.69, 9.17) is 0 Å². The van der Waals surface area contributed by atoms with Gasteiger partial charge >= 0.3 is 0 Å². The molecule has 0 amide bonds. The van der Waals surface area contributed by atoms with Gasteiger partial charge < -0.3 is 4.90 Å². The molecule has 0 saturated carbocycles. The number of para-hydroxylation sites is 1. The third-order valence-electron chi connectivity index (χ3n) is 3.08. The van der Waals surface area contributed by atoms with E-state index in [2.05, 4.69) is 60.0 Å². The second-order valence-electron chi connectivity index (χ2n) is 3.98. The zero-order chi connectivity index (χ0) is 11.0. The standard InChI is InChI=1S/C15H13N/c1-2-16-11-12-7-3-4-8-13(12)14-9-5-6-10-15(14)16/h2-10H,1,11H2. The van der Waals surface area contributed by atoms with Gasteiger partial charge in [-0.2, -0.15) is 0 Å². The molecule has 0 unspecified atom stereocenters. The SMILES string of the molecule is C=CN1Cc2ccccc2-c2ccccc21. The molecule has 0 aromatic heterocycles. The topological polar surface area (TPSA) is 3.24 Å². The van der Waals surface area contributed by atoms with Gasteiger partial charge in [0.15, 0.2) is 0 Å². The molecular weight excluding hydrogens is 194 g/mol. The molecule has 3 rings (SSSR count). The summed E-state index contributed by atoms with van der Waals surface area (Å²) in [6.45, 7) is 4.80. The number of hydrogen-bond donors (Lipinski definition) is 0. The van der Waals surface area contributed by atoms with Crippen molar-refractivity contribution < 1.29 is 0 Å². The third-order valence-corrected chi connectivity index (χ3v) is 3.08. The first-order valence-electron chi connectivity index (χ1n) is 5.46. The summed E-state index contributed by atoms with van der Waals surface area (Å²) in [7, 11) is 0.